The largest absolute Gasteiger partial charge is 0.347 e. The first kappa shape index (κ1) is 18.7. The molecule has 1 amide bonds. The van der Waals surface area contributed by atoms with Crippen LogP contribution in [0, 0.1) is 11.8 Å². The van der Waals surface area contributed by atoms with E-state index < -0.39 is 0 Å². The molecule has 2 bridgehead atoms. The summed E-state index contributed by atoms with van der Waals surface area (Å²) in [6, 6.07) is 11.7. The van der Waals surface area contributed by atoms with Crippen molar-refractivity contribution in [3.05, 3.63) is 48.2 Å². The molecule has 1 aliphatic carbocycles. The molecule has 0 saturated carbocycles. The van der Waals surface area contributed by atoms with E-state index in [2.05, 4.69) is 57.0 Å². The fourth-order valence-electron chi connectivity index (χ4n) is 6.95. The molecule has 158 valence electrons. The van der Waals surface area contributed by atoms with Crippen LogP contribution in [0.1, 0.15) is 44.9 Å². The summed E-state index contributed by atoms with van der Waals surface area (Å²) >= 11 is 0. The number of fused-ring (bicyclic) bond motifs is 7. The summed E-state index contributed by atoms with van der Waals surface area (Å²) in [6.45, 7) is 4.19. The van der Waals surface area contributed by atoms with Gasteiger partial charge in [0.2, 0.25) is 5.91 Å². The van der Waals surface area contributed by atoms with Crippen molar-refractivity contribution in [2.45, 2.75) is 63.6 Å². The number of rotatable bonds is 3. The Morgan fingerprint density at radius 2 is 2.00 bits per heavy atom. The molecule has 4 heterocycles. The first-order valence-electron chi connectivity index (χ1n) is 12.1. The lowest BCUT2D eigenvalue weighted by Gasteiger charge is -2.54. The highest BCUT2D eigenvalue weighted by Crippen LogP contribution is 2.45. The molecule has 4 aliphatic rings. The number of amides is 1. The van der Waals surface area contributed by atoms with Crippen molar-refractivity contribution in [3.8, 4) is 0 Å². The molecule has 4 nitrogen and oxygen atoms in total. The standard InChI is InChI=1S/C26H33N3O/c30-25(11-15-27-14-10-19-6-1-2-8-23(19)27)29-13-5-7-20-16-21-17-22(26(20)29)18-28-12-4-3-9-24(21)28/h1-2,6,8,10,14,16,21-22,24,26H,3-5,7,9,11-13,15,17-18H2/t21-,22+,24+,26+/m0/s1. The van der Waals surface area contributed by atoms with Gasteiger partial charge in [0.25, 0.3) is 0 Å². The van der Waals surface area contributed by atoms with Crippen molar-refractivity contribution in [1.29, 1.82) is 0 Å². The summed E-state index contributed by atoms with van der Waals surface area (Å²) in [5.41, 5.74) is 2.82. The van der Waals surface area contributed by atoms with Crippen molar-refractivity contribution in [2.24, 2.45) is 11.8 Å². The number of benzene rings is 1. The molecule has 0 radical (unpaired) electrons. The minimum absolute atomic E-state index is 0.350. The molecule has 30 heavy (non-hydrogen) atoms. The number of nitrogens with zero attached hydrogens (tertiary/aromatic N) is 3. The van der Waals surface area contributed by atoms with Crippen molar-refractivity contribution in [3.63, 3.8) is 0 Å². The van der Waals surface area contributed by atoms with Gasteiger partial charge in [0.05, 0.1) is 6.04 Å². The third-order valence-corrected chi connectivity index (χ3v) is 8.22. The maximum atomic E-state index is 13.4. The number of piperidine rings is 3. The smallest absolute Gasteiger partial charge is 0.224 e. The second-order valence-electron chi connectivity index (χ2n) is 9.91. The molecular weight excluding hydrogens is 370 g/mol. The molecule has 3 saturated heterocycles. The number of likely N-dealkylation sites (tertiary alicyclic amines) is 1. The average Bonchev–Trinajstić information content (AvgIpc) is 3.20. The van der Waals surface area contributed by atoms with Crippen LogP contribution in [0.2, 0.25) is 0 Å². The van der Waals surface area contributed by atoms with Gasteiger partial charge in [0, 0.05) is 43.8 Å². The van der Waals surface area contributed by atoms with E-state index in [0.29, 0.717) is 24.3 Å². The van der Waals surface area contributed by atoms with Crippen LogP contribution in [0.3, 0.4) is 0 Å². The Morgan fingerprint density at radius 3 is 2.97 bits per heavy atom. The van der Waals surface area contributed by atoms with Crippen molar-refractivity contribution < 1.29 is 4.79 Å². The highest BCUT2D eigenvalue weighted by molar-refractivity contribution is 5.81. The Hall–Kier alpha value is -2.07. The molecule has 2 aromatic rings. The van der Waals surface area contributed by atoms with Crippen molar-refractivity contribution in [2.75, 3.05) is 19.6 Å². The molecule has 0 N–H and O–H groups in total. The summed E-state index contributed by atoms with van der Waals surface area (Å²) < 4.78 is 2.24. The molecule has 3 fully saturated rings. The number of para-hydroxylation sites is 1. The predicted octanol–water partition coefficient (Wildman–Crippen LogP) is 4.45. The summed E-state index contributed by atoms with van der Waals surface area (Å²) in [6.07, 6.45) is 13.1. The van der Waals surface area contributed by atoms with E-state index in [1.165, 1.54) is 56.1 Å². The average molecular weight is 404 g/mol. The van der Waals surface area contributed by atoms with Crippen LogP contribution in [0.4, 0.5) is 0 Å². The van der Waals surface area contributed by atoms with Gasteiger partial charge >= 0.3 is 0 Å². The van der Waals surface area contributed by atoms with E-state index in [-0.39, 0.29) is 0 Å². The highest BCUT2D eigenvalue weighted by atomic mass is 16.2. The number of carbonyl (C=O) groups excluding carboxylic acids is 1. The number of aryl methyl sites for hydroxylation is 1. The van der Waals surface area contributed by atoms with E-state index in [0.717, 1.165) is 31.5 Å². The first-order chi connectivity index (χ1) is 14.8. The van der Waals surface area contributed by atoms with E-state index in [9.17, 15) is 4.79 Å². The van der Waals surface area contributed by atoms with Gasteiger partial charge in [-0.1, -0.05) is 36.3 Å². The summed E-state index contributed by atoms with van der Waals surface area (Å²) in [5.74, 6) is 1.72. The molecule has 4 atom stereocenters. The fourth-order valence-corrected chi connectivity index (χ4v) is 6.95. The quantitative estimate of drug-likeness (QED) is 0.708. The Bertz CT molecular complexity index is 976. The van der Waals surface area contributed by atoms with E-state index in [1.54, 1.807) is 5.57 Å². The van der Waals surface area contributed by atoms with Crippen molar-refractivity contribution >= 4 is 16.8 Å². The number of hydrogen-bond donors (Lipinski definition) is 0. The second kappa shape index (κ2) is 7.56. The molecule has 3 aliphatic heterocycles. The monoisotopic (exact) mass is 403 g/mol. The minimum Gasteiger partial charge on any atom is -0.347 e. The Morgan fingerprint density at radius 1 is 1.07 bits per heavy atom. The molecule has 6 rings (SSSR count). The van der Waals surface area contributed by atoms with Crippen LogP contribution in [0.15, 0.2) is 48.2 Å². The van der Waals surface area contributed by atoms with Crippen LogP contribution in [0.5, 0.6) is 0 Å². The van der Waals surface area contributed by atoms with Gasteiger partial charge in [-0.2, -0.15) is 0 Å². The summed E-state index contributed by atoms with van der Waals surface area (Å²) in [5, 5.41) is 1.25. The Kier molecular flexibility index (Phi) is 4.71. The molecule has 4 heteroatoms. The number of carbonyl (C=O) groups is 1. The third-order valence-electron chi connectivity index (χ3n) is 8.22. The van der Waals surface area contributed by atoms with Crippen LogP contribution in [-0.2, 0) is 11.3 Å². The lowest BCUT2D eigenvalue weighted by molar-refractivity contribution is -0.136. The molecule has 0 unspecified atom stereocenters. The molecule has 1 aromatic heterocycles. The van der Waals surface area contributed by atoms with E-state index in [4.69, 9.17) is 0 Å². The van der Waals surface area contributed by atoms with Gasteiger partial charge < -0.3 is 9.47 Å². The Balaban J connectivity index is 1.20. The molecular formula is C26H33N3O. The van der Waals surface area contributed by atoms with Crippen LogP contribution >= 0.6 is 0 Å². The van der Waals surface area contributed by atoms with Crippen LogP contribution in [-0.4, -0.2) is 52.0 Å². The van der Waals surface area contributed by atoms with Gasteiger partial charge in [-0.25, -0.2) is 0 Å². The second-order valence-corrected chi connectivity index (χ2v) is 9.91. The summed E-state index contributed by atoms with van der Waals surface area (Å²) in [4.78, 5) is 18.4. The molecule has 0 spiro atoms. The van der Waals surface area contributed by atoms with Crippen molar-refractivity contribution in [1.82, 2.24) is 14.4 Å². The lowest BCUT2D eigenvalue weighted by atomic mass is 9.68. The van der Waals surface area contributed by atoms with Gasteiger partial charge in [-0.3, -0.25) is 9.69 Å². The fraction of sp³-hybridized carbons (Fsp3) is 0.577. The molecule has 1 aromatic carbocycles. The van der Waals surface area contributed by atoms with Gasteiger partial charge in [-0.15, -0.1) is 0 Å². The third kappa shape index (κ3) is 3.11. The zero-order valence-electron chi connectivity index (χ0n) is 17.9. The van der Waals surface area contributed by atoms with Gasteiger partial charge in [0.15, 0.2) is 0 Å². The van der Waals surface area contributed by atoms with E-state index >= 15 is 0 Å². The topological polar surface area (TPSA) is 28.5 Å². The SMILES string of the molecule is O=C(CCn1ccc2ccccc21)N1CCCC2=C[C@H]3C[C@H](CN4CCCC[C@H]34)[C@@H]21. The maximum Gasteiger partial charge on any atom is 0.224 e. The summed E-state index contributed by atoms with van der Waals surface area (Å²) in [7, 11) is 0. The minimum atomic E-state index is 0.350. The predicted molar refractivity (Wildman–Crippen MR) is 120 cm³/mol. The number of aromatic nitrogens is 1. The normalized spacial score (nSPS) is 31.2. The Labute approximate surface area is 179 Å². The number of hydrogen-bond acceptors (Lipinski definition) is 2. The zero-order chi connectivity index (χ0) is 20.1. The van der Waals surface area contributed by atoms with Crippen LogP contribution < -0.4 is 0 Å². The van der Waals surface area contributed by atoms with Gasteiger partial charge in [0.1, 0.15) is 0 Å². The van der Waals surface area contributed by atoms with Crippen LogP contribution in [0.25, 0.3) is 10.9 Å². The maximum absolute atomic E-state index is 13.4. The van der Waals surface area contributed by atoms with Gasteiger partial charge in [-0.05, 0) is 68.0 Å². The zero-order valence-corrected chi connectivity index (χ0v) is 17.9. The highest BCUT2D eigenvalue weighted by Gasteiger charge is 2.46. The van der Waals surface area contributed by atoms with E-state index in [1.807, 2.05) is 0 Å². The first-order valence-corrected chi connectivity index (χ1v) is 12.1. The lowest BCUT2D eigenvalue weighted by Crippen LogP contribution is -2.60.